The predicted molar refractivity (Wildman–Crippen MR) is 258 cm³/mol. The fourth-order valence-corrected chi connectivity index (χ4v) is 9.83. The summed E-state index contributed by atoms with van der Waals surface area (Å²) < 4.78 is 0. The van der Waals surface area contributed by atoms with E-state index in [2.05, 4.69) is 208 Å². The second-order valence-electron chi connectivity index (χ2n) is 15.8. The highest BCUT2D eigenvalue weighted by Gasteiger charge is 2.22. The number of aryl methyl sites for hydroxylation is 2. The summed E-state index contributed by atoms with van der Waals surface area (Å²) in [6.45, 7) is 4.50. The van der Waals surface area contributed by atoms with Gasteiger partial charge in [0.05, 0.1) is 0 Å². The molecule has 0 saturated heterocycles. The van der Waals surface area contributed by atoms with Crippen LogP contribution in [0.5, 0.6) is 0 Å². The Morgan fingerprint density at radius 3 is 0.983 bits per heavy atom. The summed E-state index contributed by atoms with van der Waals surface area (Å²) in [4.78, 5) is 2.36. The third-order valence-corrected chi connectivity index (χ3v) is 12.6. The zero-order valence-electron chi connectivity index (χ0n) is 32.5. The van der Waals surface area contributed by atoms with Crippen LogP contribution in [0.4, 0.5) is 11.4 Å². The van der Waals surface area contributed by atoms with Crippen molar-refractivity contribution in [2.24, 2.45) is 0 Å². The van der Waals surface area contributed by atoms with Crippen LogP contribution in [-0.4, -0.2) is 7.05 Å². The van der Waals surface area contributed by atoms with Crippen LogP contribution in [0.2, 0.25) is 0 Å². The SMILES string of the molecule is C.C.Cc1c2ccccc2c(-c2cccc(-c3ccc4c(c3)Cc3cc(-c5cccc(-c6c7ccccc7c(C)c7ccccc67)c5)ccc3N4C)c2)c2ccccc12. The Morgan fingerprint density at radius 1 is 0.322 bits per heavy atom. The quantitative estimate of drug-likeness (QED) is 0.162. The third-order valence-electron chi connectivity index (χ3n) is 12.6. The molecule has 0 amide bonds. The Labute approximate surface area is 348 Å². The molecule has 0 spiro atoms. The minimum absolute atomic E-state index is 0. The van der Waals surface area contributed by atoms with Crippen molar-refractivity contribution in [2.45, 2.75) is 35.1 Å². The number of fused-ring (bicyclic) bond motifs is 6. The third kappa shape index (κ3) is 6.00. The first-order chi connectivity index (χ1) is 28.0. The lowest BCUT2D eigenvalue weighted by Crippen LogP contribution is -2.18. The van der Waals surface area contributed by atoms with E-state index in [0.717, 1.165) is 6.42 Å². The predicted octanol–water partition coefficient (Wildman–Crippen LogP) is 16.5. The van der Waals surface area contributed by atoms with E-state index < -0.39 is 0 Å². The van der Waals surface area contributed by atoms with E-state index in [1.165, 1.54) is 121 Å². The molecule has 59 heavy (non-hydrogen) atoms. The van der Waals surface area contributed by atoms with Crippen molar-refractivity contribution < 1.29 is 0 Å². The maximum absolute atomic E-state index is 2.42. The lowest BCUT2D eigenvalue weighted by atomic mass is 9.87. The fraction of sp³-hybridized carbons (Fsp3) is 0.103. The van der Waals surface area contributed by atoms with Gasteiger partial charge >= 0.3 is 0 Å². The maximum Gasteiger partial charge on any atom is 0.0444 e. The highest BCUT2D eigenvalue weighted by atomic mass is 15.1. The average molecular weight is 760 g/mol. The van der Waals surface area contributed by atoms with Crippen molar-refractivity contribution >= 4 is 54.5 Å². The highest BCUT2D eigenvalue weighted by Crippen LogP contribution is 2.44. The molecular weight excluding hydrogens is 711 g/mol. The molecule has 0 bridgehead atoms. The Bertz CT molecular complexity index is 2930. The van der Waals surface area contributed by atoms with Crippen LogP contribution in [0.15, 0.2) is 182 Å². The van der Waals surface area contributed by atoms with Gasteiger partial charge in [-0.15, -0.1) is 0 Å². The van der Waals surface area contributed by atoms with E-state index in [-0.39, 0.29) is 14.9 Å². The van der Waals surface area contributed by atoms with Crippen molar-refractivity contribution in [2.75, 3.05) is 11.9 Å². The summed E-state index contributed by atoms with van der Waals surface area (Å²) in [5.74, 6) is 0. The van der Waals surface area contributed by atoms with Gasteiger partial charge in [0.15, 0.2) is 0 Å². The molecule has 1 heteroatoms. The smallest absolute Gasteiger partial charge is 0.0444 e. The van der Waals surface area contributed by atoms with Gasteiger partial charge in [0, 0.05) is 24.8 Å². The molecule has 0 atom stereocenters. The molecule has 0 saturated carbocycles. The zero-order valence-corrected chi connectivity index (χ0v) is 32.5. The normalized spacial score (nSPS) is 11.9. The fourth-order valence-electron chi connectivity index (χ4n) is 9.83. The first-order valence-electron chi connectivity index (χ1n) is 20.0. The Kier molecular flexibility index (Phi) is 9.41. The Balaban J connectivity index is 0.00000224. The molecule has 1 aliphatic rings. The number of rotatable bonds is 4. The lowest BCUT2D eigenvalue weighted by Gasteiger charge is -2.31. The van der Waals surface area contributed by atoms with Gasteiger partial charge in [-0.3, -0.25) is 0 Å². The summed E-state index contributed by atoms with van der Waals surface area (Å²) in [5, 5.41) is 10.5. The molecule has 1 aliphatic heterocycles. The van der Waals surface area contributed by atoms with E-state index >= 15 is 0 Å². The Morgan fingerprint density at radius 2 is 0.627 bits per heavy atom. The largest absolute Gasteiger partial charge is 0.344 e. The van der Waals surface area contributed by atoms with E-state index in [1.54, 1.807) is 0 Å². The summed E-state index contributed by atoms with van der Waals surface area (Å²) in [6, 6.07) is 67.8. The molecule has 0 unspecified atom stereocenters. The minimum atomic E-state index is 0. The number of hydrogen-bond acceptors (Lipinski definition) is 1. The summed E-state index contributed by atoms with van der Waals surface area (Å²) in [5.41, 5.74) is 18.0. The number of benzene rings is 10. The van der Waals surface area contributed by atoms with E-state index in [4.69, 9.17) is 0 Å². The first-order valence-corrected chi connectivity index (χ1v) is 20.0. The molecule has 10 aromatic carbocycles. The summed E-state index contributed by atoms with van der Waals surface area (Å²) >= 11 is 0. The van der Waals surface area contributed by atoms with Gasteiger partial charge in [-0.25, -0.2) is 0 Å². The summed E-state index contributed by atoms with van der Waals surface area (Å²) in [6.07, 6.45) is 0.885. The van der Waals surface area contributed by atoms with Gasteiger partial charge in [0.1, 0.15) is 0 Å². The van der Waals surface area contributed by atoms with E-state index in [0.29, 0.717) is 0 Å². The van der Waals surface area contributed by atoms with Crippen LogP contribution in [0.25, 0.3) is 87.6 Å². The molecule has 1 heterocycles. The van der Waals surface area contributed by atoms with Gasteiger partial charge in [0.25, 0.3) is 0 Å². The van der Waals surface area contributed by atoms with Crippen molar-refractivity contribution in [3.05, 3.63) is 204 Å². The van der Waals surface area contributed by atoms with E-state index in [1.807, 2.05) is 0 Å². The van der Waals surface area contributed by atoms with E-state index in [9.17, 15) is 0 Å². The van der Waals surface area contributed by atoms with Gasteiger partial charge in [-0.05, 0) is 160 Å². The molecule has 1 nitrogen and oxygen atoms in total. The number of nitrogens with zero attached hydrogens (tertiary/aromatic N) is 1. The Hall–Kier alpha value is -6.96. The van der Waals surface area contributed by atoms with Crippen LogP contribution in [0, 0.1) is 13.8 Å². The standard InChI is InChI=1S/C56H41N.2CH4/c1-35-45-18-4-8-22-49(45)55(50-23-9-5-19-46(35)50)41-16-12-14-37(30-41)39-26-28-53-43(32-39)34-44-33-40(27-29-54(44)57(53)3)38-15-13-17-42(31-38)56-51-24-10-6-20-47(51)36(2)48-21-7-11-25-52(48)56;;/h4-33H,34H2,1-3H3;2*1H4. The molecule has 0 radical (unpaired) electrons. The molecule has 10 aromatic rings. The van der Waals surface area contributed by atoms with Gasteiger partial charge in [-0.1, -0.05) is 160 Å². The van der Waals surface area contributed by atoms with Crippen LogP contribution >= 0.6 is 0 Å². The summed E-state index contributed by atoms with van der Waals surface area (Å²) in [7, 11) is 2.21. The minimum Gasteiger partial charge on any atom is -0.344 e. The first kappa shape index (κ1) is 37.6. The molecule has 0 aromatic heterocycles. The van der Waals surface area contributed by atoms with Crippen LogP contribution < -0.4 is 4.90 Å². The second-order valence-corrected chi connectivity index (χ2v) is 15.8. The molecule has 0 N–H and O–H groups in total. The van der Waals surface area contributed by atoms with Gasteiger partial charge in [0.2, 0.25) is 0 Å². The molecular formula is C58H49N. The number of anilines is 2. The van der Waals surface area contributed by atoms with Crippen molar-refractivity contribution in [3.63, 3.8) is 0 Å². The van der Waals surface area contributed by atoms with Crippen LogP contribution in [0.1, 0.15) is 37.1 Å². The number of hydrogen-bond donors (Lipinski definition) is 0. The zero-order chi connectivity index (χ0) is 38.2. The second kappa shape index (κ2) is 14.8. The highest BCUT2D eigenvalue weighted by molar-refractivity contribution is 6.16. The topological polar surface area (TPSA) is 3.24 Å². The lowest BCUT2D eigenvalue weighted by molar-refractivity contribution is 1.06. The van der Waals surface area contributed by atoms with Gasteiger partial charge in [-0.2, -0.15) is 0 Å². The molecule has 0 aliphatic carbocycles. The molecule has 11 rings (SSSR count). The van der Waals surface area contributed by atoms with Crippen LogP contribution in [0.3, 0.4) is 0 Å². The monoisotopic (exact) mass is 759 g/mol. The van der Waals surface area contributed by atoms with Crippen molar-refractivity contribution in [1.29, 1.82) is 0 Å². The average Bonchev–Trinajstić information content (AvgIpc) is 3.27. The maximum atomic E-state index is 2.42. The van der Waals surface area contributed by atoms with Crippen molar-refractivity contribution in [1.82, 2.24) is 0 Å². The molecule has 286 valence electrons. The molecule has 0 fully saturated rings. The van der Waals surface area contributed by atoms with Crippen LogP contribution in [-0.2, 0) is 6.42 Å². The van der Waals surface area contributed by atoms with Crippen molar-refractivity contribution in [3.8, 4) is 44.5 Å². The van der Waals surface area contributed by atoms with Gasteiger partial charge < -0.3 is 4.90 Å².